The second-order valence-electron chi connectivity index (χ2n) is 8.64. The average Bonchev–Trinajstić information content (AvgIpc) is 3.24. The van der Waals surface area contributed by atoms with Gasteiger partial charge in [0.25, 0.3) is 5.56 Å². The molecule has 9 nitrogen and oxygen atoms in total. The van der Waals surface area contributed by atoms with Crippen molar-refractivity contribution in [3.63, 3.8) is 0 Å². The van der Waals surface area contributed by atoms with E-state index in [-0.39, 0.29) is 12.1 Å². The number of aryl methyl sites for hydroxylation is 2. The third-order valence-corrected chi connectivity index (χ3v) is 6.99. The van der Waals surface area contributed by atoms with Gasteiger partial charge in [-0.3, -0.25) is 13.9 Å². The van der Waals surface area contributed by atoms with Crippen LogP contribution in [0.4, 0.5) is 11.6 Å². The molecular formula is C25H27ClN6O3. The van der Waals surface area contributed by atoms with Crippen LogP contribution in [-0.2, 0) is 20.6 Å². The molecule has 1 aliphatic rings. The van der Waals surface area contributed by atoms with Gasteiger partial charge in [0.15, 0.2) is 11.2 Å². The quantitative estimate of drug-likeness (QED) is 0.424. The molecule has 0 radical (unpaired) electrons. The van der Waals surface area contributed by atoms with Gasteiger partial charge >= 0.3 is 5.69 Å². The number of rotatable bonds is 5. The number of benzene rings is 2. The maximum atomic E-state index is 13.4. The highest BCUT2D eigenvalue weighted by Gasteiger charge is 2.25. The van der Waals surface area contributed by atoms with Crippen LogP contribution >= 0.6 is 11.6 Å². The molecule has 1 aliphatic heterocycles. The van der Waals surface area contributed by atoms with Gasteiger partial charge in [-0.1, -0.05) is 29.8 Å². The van der Waals surface area contributed by atoms with E-state index in [4.69, 9.17) is 21.3 Å². The Balaban J connectivity index is 1.45. The fourth-order valence-corrected chi connectivity index (χ4v) is 4.80. The lowest BCUT2D eigenvalue weighted by Crippen LogP contribution is -2.47. The molecule has 3 heterocycles. The minimum absolute atomic E-state index is 0.0994. The highest BCUT2D eigenvalue weighted by atomic mass is 35.5. The van der Waals surface area contributed by atoms with Gasteiger partial charge in [0.05, 0.1) is 13.7 Å². The lowest BCUT2D eigenvalue weighted by molar-refractivity contribution is 0.415. The molecule has 2 aromatic carbocycles. The van der Waals surface area contributed by atoms with Crippen molar-refractivity contribution in [2.75, 3.05) is 43.1 Å². The molecule has 0 amide bonds. The second-order valence-corrected chi connectivity index (χ2v) is 9.05. The fraction of sp³-hybridized carbons (Fsp3) is 0.320. The largest absolute Gasteiger partial charge is 0.497 e. The number of fused-ring (bicyclic) bond motifs is 1. The summed E-state index contributed by atoms with van der Waals surface area (Å²) in [6.45, 7) is 3.20. The summed E-state index contributed by atoms with van der Waals surface area (Å²) in [6, 6.07) is 15.2. The number of methoxy groups -OCH3 is 1. The number of nitrogens with zero attached hydrogens (tertiary/aromatic N) is 6. The van der Waals surface area contributed by atoms with Crippen molar-refractivity contribution in [1.82, 2.24) is 18.7 Å². The number of ether oxygens (including phenoxy) is 1. The number of imidazole rings is 1. The molecular weight excluding hydrogens is 468 g/mol. The van der Waals surface area contributed by atoms with E-state index < -0.39 is 5.69 Å². The molecule has 0 saturated carbocycles. The Labute approximate surface area is 207 Å². The van der Waals surface area contributed by atoms with Crippen LogP contribution in [0.25, 0.3) is 11.2 Å². The highest BCUT2D eigenvalue weighted by Crippen LogP contribution is 2.24. The SMILES string of the molecule is COc1ccc(N2CCN(c3nc4c(c(=O)n(Cc5ccccc5Cl)c(=O)n4C)n3C)CC2)cc1. The van der Waals surface area contributed by atoms with E-state index in [9.17, 15) is 9.59 Å². The van der Waals surface area contributed by atoms with E-state index in [1.807, 2.05) is 37.4 Å². The van der Waals surface area contributed by atoms with E-state index in [2.05, 4.69) is 21.9 Å². The Bertz CT molecular complexity index is 1500. The van der Waals surface area contributed by atoms with Crippen molar-refractivity contribution in [3.05, 3.63) is 80.0 Å². The number of aromatic nitrogens is 4. The summed E-state index contributed by atoms with van der Waals surface area (Å²) >= 11 is 6.29. The zero-order chi connectivity index (χ0) is 24.7. The van der Waals surface area contributed by atoms with Gasteiger partial charge in [-0.15, -0.1) is 0 Å². The normalized spacial score (nSPS) is 14.1. The summed E-state index contributed by atoms with van der Waals surface area (Å²) in [5.74, 6) is 1.51. The Morgan fingerprint density at radius 3 is 2.23 bits per heavy atom. The summed E-state index contributed by atoms with van der Waals surface area (Å²) in [5, 5.41) is 0.516. The molecule has 1 saturated heterocycles. The molecule has 182 valence electrons. The van der Waals surface area contributed by atoms with Crippen molar-refractivity contribution >= 4 is 34.4 Å². The van der Waals surface area contributed by atoms with Gasteiger partial charge < -0.3 is 19.1 Å². The molecule has 0 N–H and O–H groups in total. The van der Waals surface area contributed by atoms with Crippen molar-refractivity contribution in [3.8, 4) is 5.75 Å². The van der Waals surface area contributed by atoms with Crippen molar-refractivity contribution in [2.45, 2.75) is 6.54 Å². The highest BCUT2D eigenvalue weighted by molar-refractivity contribution is 6.31. The van der Waals surface area contributed by atoms with Gasteiger partial charge in [0.1, 0.15) is 5.75 Å². The summed E-state index contributed by atoms with van der Waals surface area (Å²) in [7, 11) is 5.13. The van der Waals surface area contributed by atoms with Crippen molar-refractivity contribution in [2.24, 2.45) is 14.1 Å². The minimum atomic E-state index is -0.420. The van der Waals surface area contributed by atoms with Crippen LogP contribution < -0.4 is 25.8 Å². The zero-order valence-electron chi connectivity index (χ0n) is 19.9. The van der Waals surface area contributed by atoms with Crippen LogP contribution in [0, 0.1) is 0 Å². The lowest BCUT2D eigenvalue weighted by Gasteiger charge is -2.36. The Hall–Kier alpha value is -3.72. The first-order valence-electron chi connectivity index (χ1n) is 11.4. The zero-order valence-corrected chi connectivity index (χ0v) is 20.7. The van der Waals surface area contributed by atoms with Crippen LogP contribution in [0.3, 0.4) is 0 Å². The smallest absolute Gasteiger partial charge is 0.332 e. The fourth-order valence-electron chi connectivity index (χ4n) is 4.61. The minimum Gasteiger partial charge on any atom is -0.497 e. The van der Waals surface area contributed by atoms with Crippen LogP contribution in [0.5, 0.6) is 5.75 Å². The molecule has 1 fully saturated rings. The molecule has 0 spiro atoms. The summed E-state index contributed by atoms with van der Waals surface area (Å²) in [4.78, 5) is 35.7. The number of hydrogen-bond donors (Lipinski definition) is 0. The Morgan fingerprint density at radius 1 is 0.914 bits per heavy atom. The summed E-state index contributed by atoms with van der Waals surface area (Å²) < 4.78 is 9.70. The molecule has 10 heteroatoms. The molecule has 35 heavy (non-hydrogen) atoms. The molecule has 2 aromatic heterocycles. The van der Waals surface area contributed by atoms with E-state index in [0.717, 1.165) is 37.6 Å². The summed E-state index contributed by atoms with van der Waals surface area (Å²) in [6.07, 6.45) is 0. The monoisotopic (exact) mass is 494 g/mol. The molecule has 5 rings (SSSR count). The molecule has 0 unspecified atom stereocenters. The van der Waals surface area contributed by atoms with Crippen molar-refractivity contribution < 1.29 is 4.74 Å². The molecule has 4 aromatic rings. The van der Waals surface area contributed by atoms with Gasteiger partial charge in [0.2, 0.25) is 5.95 Å². The number of anilines is 2. The van der Waals surface area contributed by atoms with E-state index in [0.29, 0.717) is 27.7 Å². The Kier molecular flexibility index (Phi) is 6.02. The molecule has 0 bridgehead atoms. The number of halogens is 1. The van der Waals surface area contributed by atoms with E-state index in [1.54, 1.807) is 24.8 Å². The molecule has 0 aliphatic carbocycles. The first-order valence-corrected chi connectivity index (χ1v) is 11.8. The maximum absolute atomic E-state index is 13.4. The first kappa shape index (κ1) is 23.0. The second kappa shape index (κ2) is 9.14. The van der Waals surface area contributed by atoms with Gasteiger partial charge in [-0.05, 0) is 35.9 Å². The first-order chi connectivity index (χ1) is 16.9. The van der Waals surface area contributed by atoms with Crippen LogP contribution in [0.2, 0.25) is 5.02 Å². The van der Waals surface area contributed by atoms with Crippen LogP contribution in [0.15, 0.2) is 58.1 Å². The predicted molar refractivity (Wildman–Crippen MR) is 138 cm³/mol. The van der Waals surface area contributed by atoms with E-state index in [1.165, 1.54) is 9.13 Å². The third kappa shape index (κ3) is 4.05. The van der Waals surface area contributed by atoms with Crippen molar-refractivity contribution in [1.29, 1.82) is 0 Å². The third-order valence-electron chi connectivity index (χ3n) is 6.62. The number of piperazine rings is 1. The average molecular weight is 495 g/mol. The lowest BCUT2D eigenvalue weighted by atomic mass is 10.2. The van der Waals surface area contributed by atoms with E-state index >= 15 is 0 Å². The van der Waals surface area contributed by atoms with Gasteiger partial charge in [-0.25, -0.2) is 4.79 Å². The topological polar surface area (TPSA) is 77.5 Å². The van der Waals surface area contributed by atoms with Gasteiger partial charge in [0, 0.05) is 51.0 Å². The van der Waals surface area contributed by atoms with Crippen LogP contribution in [0.1, 0.15) is 5.56 Å². The number of hydrogen-bond acceptors (Lipinski definition) is 6. The Morgan fingerprint density at radius 2 is 1.57 bits per heavy atom. The van der Waals surface area contributed by atoms with Crippen LogP contribution in [-0.4, -0.2) is 52.0 Å². The molecule has 0 atom stereocenters. The maximum Gasteiger partial charge on any atom is 0.332 e. The summed E-state index contributed by atoms with van der Waals surface area (Å²) in [5.41, 5.74) is 1.83. The predicted octanol–water partition coefficient (Wildman–Crippen LogP) is 2.47. The van der Waals surface area contributed by atoms with Gasteiger partial charge in [-0.2, -0.15) is 4.98 Å². The standard InChI is InChI=1S/C25H27ClN6O3/c1-28-21-22(29(2)25(34)32(23(21)33)16-17-6-4-5-7-20(17)26)27-24(28)31-14-12-30(13-15-31)18-8-10-19(35-3)11-9-18/h4-11H,12-16H2,1-3H3.